The molecule has 2 nitrogen and oxygen atoms in total. The molecule has 1 N–H and O–H groups in total. The number of hydrogen-bond donors (Lipinski definition) is 1. The largest absolute Gasteiger partial charge is 0.380 e. The third-order valence-electron chi connectivity index (χ3n) is 1.58. The van der Waals surface area contributed by atoms with Gasteiger partial charge in [0.25, 0.3) is 0 Å². The number of hydrogen-bond acceptors (Lipinski definition) is 2. The highest BCUT2D eigenvalue weighted by atomic mass is 19.1. The van der Waals surface area contributed by atoms with Crippen LogP contribution in [0.15, 0.2) is 24.3 Å². The van der Waals surface area contributed by atoms with Crippen LogP contribution in [0.25, 0.3) is 0 Å². The molecule has 0 fully saturated rings. The molecule has 0 aliphatic heterocycles. The molecule has 0 saturated carbocycles. The molecular weight excluding hydrogens is 159 g/mol. The molecule has 1 atom stereocenters. The second kappa shape index (κ2) is 3.45. The topological polar surface area (TPSA) is 37.3 Å². The van der Waals surface area contributed by atoms with Crippen LogP contribution in [0.1, 0.15) is 18.6 Å². The van der Waals surface area contributed by atoms with Crippen LogP contribution in [0.5, 0.6) is 0 Å². The maximum absolute atomic E-state index is 12.9. The lowest BCUT2D eigenvalue weighted by Crippen LogP contribution is -2.09. The molecule has 1 aromatic rings. The van der Waals surface area contributed by atoms with E-state index in [4.69, 9.17) is 0 Å². The zero-order valence-electron chi connectivity index (χ0n) is 6.62. The van der Waals surface area contributed by atoms with Gasteiger partial charge in [-0.15, -0.1) is 0 Å². The maximum Gasteiger partial charge on any atom is 0.162 e. The van der Waals surface area contributed by atoms with Crippen LogP contribution in [0.4, 0.5) is 4.39 Å². The van der Waals surface area contributed by atoms with E-state index in [1.54, 1.807) is 6.07 Å². The molecule has 0 amide bonds. The first-order chi connectivity index (χ1) is 5.63. The molecule has 0 aliphatic carbocycles. The summed E-state index contributed by atoms with van der Waals surface area (Å²) >= 11 is 0. The lowest BCUT2D eigenvalue weighted by Gasteiger charge is -2.06. The Labute approximate surface area is 69.6 Å². The van der Waals surface area contributed by atoms with E-state index >= 15 is 0 Å². The summed E-state index contributed by atoms with van der Waals surface area (Å²) in [7, 11) is 0. The van der Waals surface area contributed by atoms with Crippen molar-refractivity contribution in [2.45, 2.75) is 13.0 Å². The van der Waals surface area contributed by atoms with Crippen molar-refractivity contribution in [1.29, 1.82) is 0 Å². The van der Waals surface area contributed by atoms with Gasteiger partial charge >= 0.3 is 0 Å². The highest BCUT2D eigenvalue weighted by Crippen LogP contribution is 2.16. The Balaban J connectivity index is 3.02. The fourth-order valence-corrected chi connectivity index (χ4v) is 0.916. The summed E-state index contributed by atoms with van der Waals surface area (Å²) in [5.74, 6) is -1.01. The van der Waals surface area contributed by atoms with Gasteiger partial charge in [0.1, 0.15) is 11.9 Å². The second-order valence-corrected chi connectivity index (χ2v) is 2.53. The van der Waals surface area contributed by atoms with E-state index in [1.165, 1.54) is 25.1 Å². The predicted molar refractivity (Wildman–Crippen MR) is 42.0 cm³/mol. The van der Waals surface area contributed by atoms with E-state index in [0.717, 1.165) is 0 Å². The van der Waals surface area contributed by atoms with E-state index in [9.17, 15) is 14.3 Å². The Bertz CT molecular complexity index is 296. The zero-order chi connectivity index (χ0) is 9.14. The van der Waals surface area contributed by atoms with Crippen molar-refractivity contribution in [3.63, 3.8) is 0 Å². The first kappa shape index (κ1) is 8.87. The van der Waals surface area contributed by atoms with Crippen LogP contribution in [-0.2, 0) is 4.79 Å². The Morgan fingerprint density at radius 1 is 1.50 bits per heavy atom. The van der Waals surface area contributed by atoms with Crippen molar-refractivity contribution in [1.82, 2.24) is 0 Å². The molecule has 64 valence electrons. The smallest absolute Gasteiger partial charge is 0.162 e. The van der Waals surface area contributed by atoms with Crippen LogP contribution < -0.4 is 0 Å². The molecule has 1 aromatic carbocycles. The van der Waals surface area contributed by atoms with Crippen molar-refractivity contribution in [2.75, 3.05) is 0 Å². The van der Waals surface area contributed by atoms with Crippen molar-refractivity contribution in [3.8, 4) is 0 Å². The van der Waals surface area contributed by atoms with Crippen LogP contribution >= 0.6 is 0 Å². The SMILES string of the molecule is CC(=O)[C@H](O)c1ccccc1F. The third kappa shape index (κ3) is 1.68. The molecule has 0 aliphatic rings. The van der Waals surface area contributed by atoms with Crippen molar-refractivity contribution < 1.29 is 14.3 Å². The van der Waals surface area contributed by atoms with Gasteiger partial charge in [-0.3, -0.25) is 4.79 Å². The van der Waals surface area contributed by atoms with Crippen LogP contribution in [0, 0.1) is 5.82 Å². The number of carbonyl (C=O) groups excluding carboxylic acids is 1. The van der Waals surface area contributed by atoms with Gasteiger partial charge in [0.15, 0.2) is 5.78 Å². The molecule has 0 radical (unpaired) electrons. The summed E-state index contributed by atoms with van der Waals surface area (Å²) in [6.45, 7) is 1.22. The van der Waals surface area contributed by atoms with Crippen molar-refractivity contribution in [3.05, 3.63) is 35.6 Å². The summed E-state index contributed by atoms with van der Waals surface area (Å²) in [5, 5.41) is 9.19. The molecule has 3 heteroatoms. The molecule has 0 aromatic heterocycles. The molecule has 12 heavy (non-hydrogen) atoms. The van der Waals surface area contributed by atoms with E-state index in [2.05, 4.69) is 0 Å². The highest BCUT2D eigenvalue weighted by Gasteiger charge is 2.15. The van der Waals surface area contributed by atoms with E-state index < -0.39 is 17.7 Å². The number of rotatable bonds is 2. The highest BCUT2D eigenvalue weighted by molar-refractivity contribution is 5.81. The Kier molecular flexibility index (Phi) is 2.55. The molecular formula is C9H9FO2. The van der Waals surface area contributed by atoms with Gasteiger partial charge in [-0.2, -0.15) is 0 Å². The number of aliphatic hydroxyl groups excluding tert-OH is 1. The number of halogens is 1. The Hall–Kier alpha value is -1.22. The zero-order valence-corrected chi connectivity index (χ0v) is 6.62. The normalized spacial score (nSPS) is 12.6. The minimum absolute atomic E-state index is 0.0324. The average molecular weight is 168 g/mol. The van der Waals surface area contributed by atoms with Gasteiger partial charge in [-0.25, -0.2) is 4.39 Å². The van der Waals surface area contributed by atoms with E-state index in [0.29, 0.717) is 0 Å². The predicted octanol–water partition coefficient (Wildman–Crippen LogP) is 1.45. The van der Waals surface area contributed by atoms with Gasteiger partial charge in [-0.05, 0) is 13.0 Å². The number of carbonyl (C=O) groups is 1. The summed E-state index contributed by atoms with van der Waals surface area (Å²) in [5.41, 5.74) is 0.0324. The second-order valence-electron chi connectivity index (χ2n) is 2.53. The lowest BCUT2D eigenvalue weighted by molar-refractivity contribution is -0.125. The number of benzene rings is 1. The summed E-state index contributed by atoms with van der Waals surface area (Å²) < 4.78 is 12.9. The molecule has 0 spiro atoms. The summed E-state index contributed by atoms with van der Waals surface area (Å²) in [6, 6.07) is 5.68. The maximum atomic E-state index is 12.9. The molecule has 0 unspecified atom stereocenters. The number of Topliss-reactive ketones (excluding diaryl/α,β-unsaturated/α-hetero) is 1. The quantitative estimate of drug-likeness (QED) is 0.725. The Morgan fingerprint density at radius 3 is 2.58 bits per heavy atom. The summed E-state index contributed by atoms with van der Waals surface area (Å²) in [6.07, 6.45) is -1.34. The van der Waals surface area contributed by atoms with Crippen LogP contribution in [0.2, 0.25) is 0 Å². The standard InChI is InChI=1S/C9H9FO2/c1-6(11)9(12)7-4-2-3-5-8(7)10/h2-5,9,12H,1H3/t9-/m0/s1. The summed E-state index contributed by atoms with van der Waals surface area (Å²) in [4.78, 5) is 10.7. The van der Waals surface area contributed by atoms with Gasteiger partial charge in [-0.1, -0.05) is 18.2 Å². The van der Waals surface area contributed by atoms with Crippen molar-refractivity contribution >= 4 is 5.78 Å². The monoisotopic (exact) mass is 168 g/mol. The van der Waals surface area contributed by atoms with Gasteiger partial charge in [0, 0.05) is 5.56 Å². The van der Waals surface area contributed by atoms with Crippen LogP contribution in [-0.4, -0.2) is 10.9 Å². The number of ketones is 1. The van der Waals surface area contributed by atoms with E-state index in [1.807, 2.05) is 0 Å². The minimum atomic E-state index is -1.34. The van der Waals surface area contributed by atoms with Gasteiger partial charge < -0.3 is 5.11 Å². The lowest BCUT2D eigenvalue weighted by atomic mass is 10.1. The molecule has 0 saturated heterocycles. The third-order valence-corrected chi connectivity index (χ3v) is 1.58. The van der Waals surface area contributed by atoms with E-state index in [-0.39, 0.29) is 5.56 Å². The fraction of sp³-hybridized carbons (Fsp3) is 0.222. The van der Waals surface area contributed by atoms with Gasteiger partial charge in [0.05, 0.1) is 0 Å². The van der Waals surface area contributed by atoms with Crippen molar-refractivity contribution in [2.24, 2.45) is 0 Å². The average Bonchev–Trinajstić information content (AvgIpc) is 2.04. The molecule has 0 bridgehead atoms. The fourth-order valence-electron chi connectivity index (χ4n) is 0.916. The molecule has 0 heterocycles. The van der Waals surface area contributed by atoms with Crippen LogP contribution in [0.3, 0.4) is 0 Å². The minimum Gasteiger partial charge on any atom is -0.380 e. The number of aliphatic hydroxyl groups is 1. The Morgan fingerprint density at radius 2 is 2.08 bits per heavy atom. The van der Waals surface area contributed by atoms with Gasteiger partial charge in [0.2, 0.25) is 0 Å². The first-order valence-electron chi connectivity index (χ1n) is 3.56. The first-order valence-corrected chi connectivity index (χ1v) is 3.56. The molecule has 1 rings (SSSR count).